The Bertz CT molecular complexity index is 713. The van der Waals surface area contributed by atoms with Gasteiger partial charge < -0.3 is 10.6 Å². The summed E-state index contributed by atoms with van der Waals surface area (Å²) in [6.45, 7) is 4.69. The highest BCUT2D eigenvalue weighted by molar-refractivity contribution is 7.09. The molecule has 27 heavy (non-hydrogen) atoms. The normalized spacial score (nSPS) is 15.4. The quantitative estimate of drug-likeness (QED) is 0.724. The number of carbonyl (C=O) groups excluding carboxylic acids is 2. The second-order valence-corrected chi connectivity index (χ2v) is 7.68. The highest BCUT2D eigenvalue weighted by atomic mass is 32.1. The van der Waals surface area contributed by atoms with Gasteiger partial charge in [-0.05, 0) is 30.0 Å². The smallest absolute Gasteiger partial charge is 0.238 e. The Morgan fingerprint density at radius 2 is 1.56 bits per heavy atom. The molecule has 0 bridgehead atoms. The SMILES string of the molecule is O=C(CN1CCN(CC(=O)Nc2ccccc2)CC1)NCCc1cccs1. The number of piperazine rings is 1. The van der Waals surface area contributed by atoms with Gasteiger partial charge in [0.25, 0.3) is 0 Å². The molecule has 1 aromatic heterocycles. The van der Waals surface area contributed by atoms with Crippen molar-refractivity contribution in [2.24, 2.45) is 0 Å². The van der Waals surface area contributed by atoms with Crippen LogP contribution in [0, 0.1) is 0 Å². The molecule has 144 valence electrons. The second-order valence-electron chi connectivity index (χ2n) is 6.65. The first kappa shape index (κ1) is 19.5. The first-order valence-electron chi connectivity index (χ1n) is 9.28. The molecule has 2 heterocycles. The summed E-state index contributed by atoms with van der Waals surface area (Å²) in [5.74, 6) is 0.0720. The molecular weight excluding hydrogens is 360 g/mol. The van der Waals surface area contributed by atoms with E-state index in [0.29, 0.717) is 19.6 Å². The highest BCUT2D eigenvalue weighted by Gasteiger charge is 2.20. The van der Waals surface area contributed by atoms with Gasteiger partial charge in [0.1, 0.15) is 0 Å². The summed E-state index contributed by atoms with van der Waals surface area (Å²) >= 11 is 1.72. The van der Waals surface area contributed by atoms with Crippen molar-refractivity contribution in [1.29, 1.82) is 0 Å². The third kappa shape index (κ3) is 6.78. The minimum atomic E-state index is 0.000898. The standard InChI is InChI=1S/C20H26N4O2S/c25-19(21-9-8-18-7-4-14-27-18)15-23-10-12-24(13-11-23)16-20(26)22-17-5-2-1-3-6-17/h1-7,14H,8-13,15-16H2,(H,21,25)(H,22,26). The van der Waals surface area contributed by atoms with Gasteiger partial charge in [-0.3, -0.25) is 19.4 Å². The molecule has 1 aliphatic rings. The lowest BCUT2D eigenvalue weighted by atomic mass is 10.3. The van der Waals surface area contributed by atoms with Gasteiger partial charge in [-0.25, -0.2) is 0 Å². The summed E-state index contributed by atoms with van der Waals surface area (Å²) < 4.78 is 0. The third-order valence-electron chi connectivity index (χ3n) is 4.53. The average Bonchev–Trinajstić information content (AvgIpc) is 3.17. The Labute approximate surface area is 164 Å². The fraction of sp³-hybridized carbons (Fsp3) is 0.400. The summed E-state index contributed by atoms with van der Waals surface area (Å²) in [7, 11) is 0. The van der Waals surface area contributed by atoms with Crippen molar-refractivity contribution in [3.63, 3.8) is 0 Å². The number of para-hydroxylation sites is 1. The number of amides is 2. The maximum Gasteiger partial charge on any atom is 0.238 e. The number of rotatable bonds is 8. The number of hydrogen-bond acceptors (Lipinski definition) is 5. The van der Waals surface area contributed by atoms with Gasteiger partial charge in [-0.15, -0.1) is 11.3 Å². The zero-order chi connectivity index (χ0) is 18.9. The van der Waals surface area contributed by atoms with Gasteiger partial charge in [0.05, 0.1) is 13.1 Å². The molecule has 0 radical (unpaired) electrons. The van der Waals surface area contributed by atoms with E-state index in [0.717, 1.165) is 38.3 Å². The lowest BCUT2D eigenvalue weighted by molar-refractivity contribution is -0.123. The van der Waals surface area contributed by atoms with E-state index in [1.165, 1.54) is 4.88 Å². The molecular formula is C20H26N4O2S. The lowest BCUT2D eigenvalue weighted by Crippen LogP contribution is -2.51. The van der Waals surface area contributed by atoms with Crippen LogP contribution in [0.2, 0.25) is 0 Å². The van der Waals surface area contributed by atoms with Crippen LogP contribution in [0.3, 0.4) is 0 Å². The Hall–Kier alpha value is -2.22. The number of hydrogen-bond donors (Lipinski definition) is 2. The molecule has 3 rings (SSSR count). The number of nitrogens with one attached hydrogen (secondary N) is 2. The Morgan fingerprint density at radius 3 is 2.19 bits per heavy atom. The molecule has 0 atom stereocenters. The molecule has 1 aromatic carbocycles. The van der Waals surface area contributed by atoms with Crippen molar-refractivity contribution >= 4 is 28.8 Å². The van der Waals surface area contributed by atoms with Crippen LogP contribution >= 0.6 is 11.3 Å². The van der Waals surface area contributed by atoms with Crippen molar-refractivity contribution < 1.29 is 9.59 Å². The molecule has 2 aromatic rings. The Balaban J connectivity index is 1.30. The number of nitrogens with zero attached hydrogens (tertiary/aromatic N) is 2. The van der Waals surface area contributed by atoms with E-state index in [1.807, 2.05) is 36.4 Å². The molecule has 7 heteroatoms. The topological polar surface area (TPSA) is 64.7 Å². The molecule has 0 unspecified atom stereocenters. The number of benzene rings is 1. The summed E-state index contributed by atoms with van der Waals surface area (Å²) in [4.78, 5) is 29.8. The van der Waals surface area contributed by atoms with Gasteiger partial charge in [0.2, 0.25) is 11.8 Å². The number of anilines is 1. The van der Waals surface area contributed by atoms with Crippen LogP contribution in [0.5, 0.6) is 0 Å². The summed E-state index contributed by atoms with van der Waals surface area (Å²) in [5.41, 5.74) is 0.820. The van der Waals surface area contributed by atoms with Gasteiger partial charge in [0.15, 0.2) is 0 Å². The molecule has 1 saturated heterocycles. The maximum atomic E-state index is 12.1. The summed E-state index contributed by atoms with van der Waals surface area (Å²) in [6.07, 6.45) is 0.883. The lowest BCUT2D eigenvalue weighted by Gasteiger charge is -2.33. The van der Waals surface area contributed by atoms with E-state index in [9.17, 15) is 9.59 Å². The van der Waals surface area contributed by atoms with Crippen LogP contribution in [0.1, 0.15) is 4.88 Å². The van der Waals surface area contributed by atoms with Crippen LogP contribution in [0.15, 0.2) is 47.8 Å². The molecule has 1 aliphatic heterocycles. The van der Waals surface area contributed by atoms with Gasteiger partial charge >= 0.3 is 0 Å². The van der Waals surface area contributed by atoms with Crippen molar-refractivity contribution in [2.75, 3.05) is 51.1 Å². The van der Waals surface area contributed by atoms with Crippen LogP contribution in [0.4, 0.5) is 5.69 Å². The Kier molecular flexibility index (Phi) is 7.38. The summed E-state index contributed by atoms with van der Waals surface area (Å²) in [5, 5.41) is 7.95. The van der Waals surface area contributed by atoms with Crippen molar-refractivity contribution in [3.8, 4) is 0 Å². The molecule has 1 fully saturated rings. The molecule has 0 aliphatic carbocycles. The third-order valence-corrected chi connectivity index (χ3v) is 5.47. The van der Waals surface area contributed by atoms with E-state index >= 15 is 0 Å². The van der Waals surface area contributed by atoms with Crippen molar-refractivity contribution in [3.05, 3.63) is 52.7 Å². The first-order valence-corrected chi connectivity index (χ1v) is 10.2. The Morgan fingerprint density at radius 1 is 0.889 bits per heavy atom. The van der Waals surface area contributed by atoms with E-state index in [-0.39, 0.29) is 11.8 Å². The zero-order valence-corrected chi connectivity index (χ0v) is 16.2. The van der Waals surface area contributed by atoms with Crippen LogP contribution in [-0.4, -0.2) is 67.4 Å². The monoisotopic (exact) mass is 386 g/mol. The van der Waals surface area contributed by atoms with Gasteiger partial charge in [-0.2, -0.15) is 0 Å². The van der Waals surface area contributed by atoms with E-state index in [1.54, 1.807) is 11.3 Å². The average molecular weight is 387 g/mol. The van der Waals surface area contributed by atoms with Gasteiger partial charge in [0, 0.05) is 43.3 Å². The van der Waals surface area contributed by atoms with Gasteiger partial charge in [-0.1, -0.05) is 24.3 Å². The molecule has 2 N–H and O–H groups in total. The minimum Gasteiger partial charge on any atom is -0.355 e. The van der Waals surface area contributed by atoms with Crippen LogP contribution in [-0.2, 0) is 16.0 Å². The van der Waals surface area contributed by atoms with Crippen molar-refractivity contribution in [2.45, 2.75) is 6.42 Å². The highest BCUT2D eigenvalue weighted by Crippen LogP contribution is 2.08. The van der Waals surface area contributed by atoms with E-state index in [4.69, 9.17) is 0 Å². The zero-order valence-electron chi connectivity index (χ0n) is 15.4. The van der Waals surface area contributed by atoms with E-state index in [2.05, 4.69) is 31.9 Å². The molecule has 0 saturated carbocycles. The fourth-order valence-electron chi connectivity index (χ4n) is 3.07. The maximum absolute atomic E-state index is 12.1. The predicted molar refractivity (Wildman–Crippen MR) is 109 cm³/mol. The molecule has 2 amide bonds. The fourth-order valence-corrected chi connectivity index (χ4v) is 3.78. The summed E-state index contributed by atoms with van der Waals surface area (Å²) in [6, 6.07) is 13.6. The number of carbonyl (C=O) groups is 2. The van der Waals surface area contributed by atoms with E-state index < -0.39 is 0 Å². The largest absolute Gasteiger partial charge is 0.355 e. The second kappa shape index (κ2) is 10.2. The van der Waals surface area contributed by atoms with Crippen LogP contribution in [0.25, 0.3) is 0 Å². The minimum absolute atomic E-state index is 0.000898. The van der Waals surface area contributed by atoms with Crippen LogP contribution < -0.4 is 10.6 Å². The first-order chi connectivity index (χ1) is 13.2. The number of thiophene rings is 1. The predicted octanol–water partition coefficient (Wildman–Crippen LogP) is 1.66. The molecule has 6 nitrogen and oxygen atoms in total. The van der Waals surface area contributed by atoms with Crippen molar-refractivity contribution in [1.82, 2.24) is 15.1 Å². The molecule has 0 spiro atoms.